The molecular formula is C13H11FN4O. The Kier molecular flexibility index (Phi) is 2.72. The number of hydrogen-bond donors (Lipinski definition) is 2. The highest BCUT2D eigenvalue weighted by Gasteiger charge is 2.10. The zero-order valence-electron chi connectivity index (χ0n) is 10.1. The molecule has 0 saturated carbocycles. The van der Waals surface area contributed by atoms with E-state index in [1.807, 2.05) is 0 Å². The van der Waals surface area contributed by atoms with Gasteiger partial charge in [0.1, 0.15) is 11.6 Å². The number of nitrogens with one attached hydrogen (secondary N) is 1. The Balaban J connectivity index is 2.11. The number of halogens is 1. The second kappa shape index (κ2) is 4.40. The summed E-state index contributed by atoms with van der Waals surface area (Å²) in [6, 6.07) is 6.05. The Bertz CT molecular complexity index is 738. The third-order valence-corrected chi connectivity index (χ3v) is 2.82. The SMILES string of the molecule is CC(O)c1cc(-c2nc3ccc(F)cc3[nH]2)cnn1. The molecule has 0 aliphatic rings. The van der Waals surface area contributed by atoms with Crippen LogP contribution in [0.4, 0.5) is 4.39 Å². The molecule has 3 rings (SSSR count). The minimum atomic E-state index is -0.700. The summed E-state index contributed by atoms with van der Waals surface area (Å²) in [5, 5.41) is 17.1. The number of aromatic amines is 1. The van der Waals surface area contributed by atoms with Crippen LogP contribution in [0.5, 0.6) is 0 Å². The number of aliphatic hydroxyl groups is 1. The highest BCUT2D eigenvalue weighted by molar-refractivity contribution is 5.79. The van der Waals surface area contributed by atoms with E-state index in [-0.39, 0.29) is 5.82 Å². The molecule has 0 aliphatic carbocycles. The van der Waals surface area contributed by atoms with Crippen molar-refractivity contribution in [3.8, 4) is 11.4 Å². The van der Waals surface area contributed by atoms with Gasteiger partial charge in [0.15, 0.2) is 0 Å². The average Bonchev–Trinajstić information content (AvgIpc) is 2.81. The van der Waals surface area contributed by atoms with Gasteiger partial charge in [-0.1, -0.05) is 0 Å². The van der Waals surface area contributed by atoms with Gasteiger partial charge in [0.25, 0.3) is 0 Å². The van der Waals surface area contributed by atoms with Gasteiger partial charge in [0.05, 0.1) is 29.0 Å². The summed E-state index contributed by atoms with van der Waals surface area (Å²) in [5.41, 5.74) is 2.45. The monoisotopic (exact) mass is 258 g/mol. The summed E-state index contributed by atoms with van der Waals surface area (Å²) in [4.78, 5) is 7.37. The summed E-state index contributed by atoms with van der Waals surface area (Å²) in [5.74, 6) is 0.248. The van der Waals surface area contributed by atoms with Crippen molar-refractivity contribution in [1.29, 1.82) is 0 Å². The number of benzene rings is 1. The van der Waals surface area contributed by atoms with E-state index in [4.69, 9.17) is 0 Å². The molecule has 1 aromatic carbocycles. The van der Waals surface area contributed by atoms with Crippen LogP contribution < -0.4 is 0 Å². The Hall–Kier alpha value is -2.34. The van der Waals surface area contributed by atoms with Crippen molar-refractivity contribution >= 4 is 11.0 Å². The van der Waals surface area contributed by atoms with Crippen molar-refractivity contribution in [2.45, 2.75) is 13.0 Å². The van der Waals surface area contributed by atoms with E-state index in [1.54, 1.807) is 25.3 Å². The Morgan fingerprint density at radius 3 is 2.95 bits per heavy atom. The second-order valence-electron chi connectivity index (χ2n) is 4.29. The molecule has 0 fully saturated rings. The standard InChI is InChI=1S/C13H11FN4O/c1-7(19)11-4-8(6-15-18-11)13-16-10-3-2-9(14)5-12(10)17-13/h2-7,19H,1H3,(H,16,17). The van der Waals surface area contributed by atoms with E-state index in [0.717, 1.165) is 0 Å². The zero-order chi connectivity index (χ0) is 13.4. The van der Waals surface area contributed by atoms with Gasteiger partial charge >= 0.3 is 0 Å². The first-order chi connectivity index (χ1) is 9.13. The number of fused-ring (bicyclic) bond motifs is 1. The molecule has 0 radical (unpaired) electrons. The summed E-state index contributed by atoms with van der Waals surface area (Å²) in [6.45, 7) is 1.61. The van der Waals surface area contributed by atoms with E-state index < -0.39 is 6.10 Å². The molecule has 2 heterocycles. The molecule has 0 amide bonds. The van der Waals surface area contributed by atoms with E-state index in [9.17, 15) is 9.50 Å². The summed E-state index contributed by atoms with van der Waals surface area (Å²) in [6.07, 6.45) is 0.842. The number of H-pyrrole nitrogens is 1. The van der Waals surface area contributed by atoms with Crippen molar-refractivity contribution in [3.05, 3.63) is 42.0 Å². The van der Waals surface area contributed by atoms with Crippen molar-refractivity contribution in [1.82, 2.24) is 20.2 Å². The van der Waals surface area contributed by atoms with Crippen LogP contribution in [0.1, 0.15) is 18.7 Å². The highest BCUT2D eigenvalue weighted by atomic mass is 19.1. The molecule has 6 heteroatoms. The van der Waals surface area contributed by atoms with Crippen molar-refractivity contribution < 1.29 is 9.50 Å². The smallest absolute Gasteiger partial charge is 0.140 e. The van der Waals surface area contributed by atoms with E-state index >= 15 is 0 Å². The lowest BCUT2D eigenvalue weighted by atomic mass is 10.2. The number of hydrogen-bond acceptors (Lipinski definition) is 4. The number of aromatic nitrogens is 4. The molecule has 5 nitrogen and oxygen atoms in total. The Morgan fingerprint density at radius 2 is 2.16 bits per heavy atom. The molecule has 3 aromatic rings. The average molecular weight is 258 g/mol. The Morgan fingerprint density at radius 1 is 1.32 bits per heavy atom. The quantitative estimate of drug-likeness (QED) is 0.739. The number of nitrogens with zero attached hydrogens (tertiary/aromatic N) is 3. The number of rotatable bonds is 2. The maximum atomic E-state index is 13.1. The topological polar surface area (TPSA) is 74.7 Å². The third kappa shape index (κ3) is 2.17. The largest absolute Gasteiger partial charge is 0.387 e. The van der Waals surface area contributed by atoms with Crippen LogP contribution in [0, 0.1) is 5.82 Å². The van der Waals surface area contributed by atoms with Gasteiger partial charge in [-0.25, -0.2) is 9.37 Å². The third-order valence-electron chi connectivity index (χ3n) is 2.82. The van der Waals surface area contributed by atoms with Crippen LogP contribution in [-0.2, 0) is 0 Å². The van der Waals surface area contributed by atoms with Gasteiger partial charge < -0.3 is 10.1 Å². The lowest BCUT2D eigenvalue weighted by Gasteiger charge is -2.03. The maximum Gasteiger partial charge on any atom is 0.140 e. The molecular weight excluding hydrogens is 247 g/mol. The van der Waals surface area contributed by atoms with Crippen LogP contribution >= 0.6 is 0 Å². The molecule has 0 spiro atoms. The van der Waals surface area contributed by atoms with Crippen LogP contribution in [0.2, 0.25) is 0 Å². The molecule has 1 unspecified atom stereocenters. The van der Waals surface area contributed by atoms with Crippen LogP contribution in [0.15, 0.2) is 30.5 Å². The van der Waals surface area contributed by atoms with Crippen LogP contribution in [-0.4, -0.2) is 25.3 Å². The van der Waals surface area contributed by atoms with E-state index in [2.05, 4.69) is 20.2 Å². The molecule has 0 aliphatic heterocycles. The van der Waals surface area contributed by atoms with Crippen molar-refractivity contribution in [3.63, 3.8) is 0 Å². The first-order valence-corrected chi connectivity index (χ1v) is 5.80. The fraction of sp³-hybridized carbons (Fsp3) is 0.154. The molecule has 0 bridgehead atoms. The lowest BCUT2D eigenvalue weighted by molar-refractivity contribution is 0.193. The second-order valence-corrected chi connectivity index (χ2v) is 4.29. The fourth-order valence-corrected chi connectivity index (χ4v) is 1.84. The molecule has 1 atom stereocenters. The van der Waals surface area contributed by atoms with Gasteiger partial charge in [-0.2, -0.15) is 10.2 Å². The zero-order valence-corrected chi connectivity index (χ0v) is 10.1. The highest BCUT2D eigenvalue weighted by Crippen LogP contribution is 2.22. The first kappa shape index (κ1) is 11.7. The molecule has 2 N–H and O–H groups in total. The maximum absolute atomic E-state index is 13.1. The summed E-state index contributed by atoms with van der Waals surface area (Å²) < 4.78 is 13.1. The molecule has 0 saturated heterocycles. The van der Waals surface area contributed by atoms with Gasteiger partial charge in [-0.05, 0) is 31.2 Å². The molecule has 2 aromatic heterocycles. The number of aliphatic hydroxyl groups excluding tert-OH is 1. The fourth-order valence-electron chi connectivity index (χ4n) is 1.84. The minimum absolute atomic E-state index is 0.319. The van der Waals surface area contributed by atoms with E-state index in [1.165, 1.54) is 12.1 Å². The van der Waals surface area contributed by atoms with Crippen molar-refractivity contribution in [2.75, 3.05) is 0 Å². The van der Waals surface area contributed by atoms with Gasteiger partial charge in [0, 0.05) is 5.56 Å². The Labute approximate surface area is 108 Å². The normalized spacial score (nSPS) is 12.8. The predicted octanol–water partition coefficient (Wildman–Crippen LogP) is 2.21. The van der Waals surface area contributed by atoms with Gasteiger partial charge in [0.2, 0.25) is 0 Å². The van der Waals surface area contributed by atoms with E-state index in [0.29, 0.717) is 28.1 Å². The summed E-state index contributed by atoms with van der Waals surface area (Å²) in [7, 11) is 0. The predicted molar refractivity (Wildman–Crippen MR) is 67.7 cm³/mol. The van der Waals surface area contributed by atoms with Crippen molar-refractivity contribution in [2.24, 2.45) is 0 Å². The van der Waals surface area contributed by atoms with Gasteiger partial charge in [-0.15, -0.1) is 0 Å². The number of imidazole rings is 1. The van der Waals surface area contributed by atoms with Gasteiger partial charge in [-0.3, -0.25) is 0 Å². The lowest BCUT2D eigenvalue weighted by Crippen LogP contribution is -1.98. The summed E-state index contributed by atoms with van der Waals surface area (Å²) >= 11 is 0. The van der Waals surface area contributed by atoms with Crippen LogP contribution in [0.25, 0.3) is 22.4 Å². The minimum Gasteiger partial charge on any atom is -0.387 e. The molecule has 19 heavy (non-hydrogen) atoms. The first-order valence-electron chi connectivity index (χ1n) is 5.80. The molecule has 96 valence electrons. The van der Waals surface area contributed by atoms with Crippen LogP contribution in [0.3, 0.4) is 0 Å².